The summed E-state index contributed by atoms with van der Waals surface area (Å²) in [7, 11) is -1.62. The lowest BCUT2D eigenvalue weighted by Gasteiger charge is -2.35. The zero-order valence-corrected chi connectivity index (χ0v) is 21.9. The highest BCUT2D eigenvalue weighted by molar-refractivity contribution is 14.0. The smallest absolute Gasteiger partial charge is 0.220 e. The van der Waals surface area contributed by atoms with Gasteiger partial charge in [0.05, 0.1) is 5.69 Å². The molecule has 10 heteroatoms. The van der Waals surface area contributed by atoms with E-state index in [-0.39, 0.29) is 29.7 Å². The summed E-state index contributed by atoms with van der Waals surface area (Å²) >= 11 is 0. The molecular formula is C22H32IN5O3S. The second kappa shape index (κ2) is 10.5. The minimum atomic E-state index is -3.40. The molecule has 2 atom stereocenters. The van der Waals surface area contributed by atoms with Crippen molar-refractivity contribution in [2.75, 3.05) is 33.2 Å². The minimum absolute atomic E-state index is 0. The number of aliphatic imine (C=N–C) groups is 1. The lowest BCUT2D eigenvalue weighted by molar-refractivity contribution is 0.259. The van der Waals surface area contributed by atoms with Gasteiger partial charge in [0.25, 0.3) is 0 Å². The van der Waals surface area contributed by atoms with Gasteiger partial charge in [0.15, 0.2) is 5.96 Å². The number of hydrogen-bond donors (Lipinski definition) is 1. The number of aromatic nitrogens is 1. The van der Waals surface area contributed by atoms with Crippen molar-refractivity contribution in [2.45, 2.75) is 43.9 Å². The van der Waals surface area contributed by atoms with Crippen LogP contribution in [-0.4, -0.2) is 68.0 Å². The minimum Gasteiger partial charge on any atom is -0.364 e. The van der Waals surface area contributed by atoms with Crippen LogP contribution in [-0.2, 0) is 15.8 Å². The Morgan fingerprint density at radius 2 is 1.88 bits per heavy atom. The number of guanidine groups is 1. The van der Waals surface area contributed by atoms with E-state index in [1.54, 1.807) is 13.1 Å². The molecule has 2 aliphatic rings. The second-order valence-electron chi connectivity index (χ2n) is 8.59. The zero-order chi connectivity index (χ0) is 22.0. The third kappa shape index (κ3) is 5.82. The van der Waals surface area contributed by atoms with Crippen molar-refractivity contribution in [3.8, 4) is 0 Å². The van der Waals surface area contributed by atoms with Crippen LogP contribution in [0.25, 0.3) is 0 Å². The Kier molecular flexibility index (Phi) is 8.21. The van der Waals surface area contributed by atoms with E-state index in [4.69, 9.17) is 4.52 Å². The average molecular weight is 574 g/mol. The maximum Gasteiger partial charge on any atom is 0.220 e. The number of halogens is 1. The first kappa shape index (κ1) is 25.0. The van der Waals surface area contributed by atoms with Crippen molar-refractivity contribution in [3.63, 3.8) is 0 Å². The highest BCUT2D eigenvalue weighted by Crippen LogP contribution is 2.41. The Labute approximate surface area is 207 Å². The molecule has 1 aromatic heterocycles. The molecule has 2 fully saturated rings. The summed E-state index contributed by atoms with van der Waals surface area (Å²) < 4.78 is 31.5. The summed E-state index contributed by atoms with van der Waals surface area (Å²) in [6.07, 6.45) is 2.48. The number of piperazine rings is 1. The van der Waals surface area contributed by atoms with Crippen molar-refractivity contribution in [3.05, 3.63) is 53.4 Å². The molecule has 2 aromatic rings. The Bertz CT molecular complexity index is 1000. The molecule has 1 N–H and O–H groups in total. The van der Waals surface area contributed by atoms with E-state index in [9.17, 15) is 8.42 Å². The highest BCUT2D eigenvalue weighted by Gasteiger charge is 2.40. The number of rotatable bonds is 6. The van der Waals surface area contributed by atoms with Gasteiger partial charge in [-0.2, -0.15) is 4.31 Å². The normalized spacial score (nSPS) is 22.0. The van der Waals surface area contributed by atoms with Crippen LogP contribution in [0.4, 0.5) is 0 Å². The summed E-state index contributed by atoms with van der Waals surface area (Å²) in [5.74, 6) is 1.76. The van der Waals surface area contributed by atoms with Gasteiger partial charge in [-0.15, -0.1) is 24.0 Å². The molecule has 1 saturated carbocycles. The number of hydrogen-bond acceptors (Lipinski definition) is 5. The number of nitrogens with one attached hydrogen (secondary N) is 1. The number of nitrogens with zero attached hydrogens (tertiary/aromatic N) is 4. The third-order valence-corrected chi connectivity index (χ3v) is 7.91. The van der Waals surface area contributed by atoms with Gasteiger partial charge < -0.3 is 14.7 Å². The summed E-state index contributed by atoms with van der Waals surface area (Å²) in [5.41, 5.74) is 3.16. The Balaban J connectivity index is 0.00000289. The van der Waals surface area contributed by atoms with Gasteiger partial charge in [0.1, 0.15) is 12.0 Å². The molecule has 8 nitrogen and oxygen atoms in total. The maximum atomic E-state index is 12.6. The summed E-state index contributed by atoms with van der Waals surface area (Å²) in [5, 5.41) is 7.29. The lowest BCUT2D eigenvalue weighted by atomic mass is 10.0. The standard InChI is InChI=1S/C22H31N5O3S.HI/c1-16(2)17-4-6-18(7-5-17)20-14-21(20)24-22(23-3)26-9-11-27(12-10-26)31(28,29)15-19-8-13-30-25-19;/h4-8,13,16,20-21H,9-12,14-15H2,1-3H3,(H,23,24);1H. The quantitative estimate of drug-likeness (QED) is 0.325. The van der Waals surface area contributed by atoms with Crippen molar-refractivity contribution in [2.24, 2.45) is 4.99 Å². The van der Waals surface area contributed by atoms with Crippen LogP contribution in [0.2, 0.25) is 0 Å². The van der Waals surface area contributed by atoms with Crippen LogP contribution in [0.5, 0.6) is 0 Å². The molecular weight excluding hydrogens is 541 g/mol. The fourth-order valence-corrected chi connectivity index (χ4v) is 5.51. The van der Waals surface area contributed by atoms with Gasteiger partial charge in [0, 0.05) is 51.3 Å². The Hall–Kier alpha value is -1.66. The van der Waals surface area contributed by atoms with E-state index in [0.29, 0.717) is 49.8 Å². The number of benzene rings is 1. The van der Waals surface area contributed by atoms with E-state index in [1.165, 1.54) is 21.7 Å². The number of sulfonamides is 1. The predicted molar refractivity (Wildman–Crippen MR) is 136 cm³/mol. The van der Waals surface area contributed by atoms with Crippen molar-refractivity contribution in [1.82, 2.24) is 19.7 Å². The maximum absolute atomic E-state index is 12.6. The van der Waals surface area contributed by atoms with E-state index in [1.807, 2.05) is 0 Å². The van der Waals surface area contributed by atoms with E-state index in [2.05, 4.69) is 58.5 Å². The fourth-order valence-electron chi connectivity index (χ4n) is 4.08. The Morgan fingerprint density at radius 1 is 1.19 bits per heavy atom. The van der Waals surface area contributed by atoms with Gasteiger partial charge in [-0.05, 0) is 23.5 Å². The summed E-state index contributed by atoms with van der Waals surface area (Å²) in [6.45, 7) is 6.51. The lowest BCUT2D eigenvalue weighted by Crippen LogP contribution is -2.54. The molecule has 176 valence electrons. The van der Waals surface area contributed by atoms with Crippen molar-refractivity contribution >= 4 is 40.0 Å². The van der Waals surface area contributed by atoms with Crippen LogP contribution in [0.3, 0.4) is 0 Å². The molecule has 1 aromatic carbocycles. The average Bonchev–Trinajstić information content (AvgIpc) is 3.36. The highest BCUT2D eigenvalue weighted by atomic mass is 127. The summed E-state index contributed by atoms with van der Waals surface area (Å²) in [6, 6.07) is 10.9. The molecule has 1 aliphatic heterocycles. The molecule has 1 saturated heterocycles. The van der Waals surface area contributed by atoms with E-state index < -0.39 is 10.0 Å². The first-order valence-corrected chi connectivity index (χ1v) is 12.4. The van der Waals surface area contributed by atoms with Gasteiger partial charge in [-0.1, -0.05) is 43.3 Å². The van der Waals surface area contributed by atoms with E-state index >= 15 is 0 Å². The van der Waals surface area contributed by atoms with Crippen LogP contribution in [0.1, 0.15) is 48.9 Å². The third-order valence-electron chi connectivity index (χ3n) is 6.10. The SMILES string of the molecule is CN=C(NC1CC1c1ccc(C(C)C)cc1)N1CCN(S(=O)(=O)Cc2ccon2)CC1.I. The van der Waals surface area contributed by atoms with Gasteiger partial charge in [0.2, 0.25) is 10.0 Å². The van der Waals surface area contributed by atoms with Crippen LogP contribution < -0.4 is 5.32 Å². The molecule has 0 bridgehead atoms. The fraction of sp³-hybridized carbons (Fsp3) is 0.545. The van der Waals surface area contributed by atoms with E-state index in [0.717, 1.165) is 12.4 Å². The van der Waals surface area contributed by atoms with Crippen LogP contribution >= 0.6 is 24.0 Å². The van der Waals surface area contributed by atoms with Gasteiger partial charge in [-0.3, -0.25) is 4.99 Å². The van der Waals surface area contributed by atoms with Crippen LogP contribution in [0.15, 0.2) is 46.1 Å². The first-order valence-electron chi connectivity index (χ1n) is 10.8. The molecule has 32 heavy (non-hydrogen) atoms. The van der Waals surface area contributed by atoms with Crippen molar-refractivity contribution < 1.29 is 12.9 Å². The summed E-state index contributed by atoms with van der Waals surface area (Å²) in [4.78, 5) is 6.58. The molecule has 0 amide bonds. The largest absolute Gasteiger partial charge is 0.364 e. The second-order valence-corrected chi connectivity index (χ2v) is 10.6. The monoisotopic (exact) mass is 573 g/mol. The molecule has 0 radical (unpaired) electrons. The zero-order valence-electron chi connectivity index (χ0n) is 18.8. The van der Waals surface area contributed by atoms with Gasteiger partial charge in [-0.25, -0.2) is 8.42 Å². The Morgan fingerprint density at radius 3 is 2.44 bits per heavy atom. The topological polar surface area (TPSA) is 91.0 Å². The van der Waals surface area contributed by atoms with Gasteiger partial charge >= 0.3 is 0 Å². The molecule has 4 rings (SSSR count). The first-order chi connectivity index (χ1) is 14.9. The van der Waals surface area contributed by atoms with Crippen molar-refractivity contribution in [1.29, 1.82) is 0 Å². The molecule has 1 aliphatic carbocycles. The molecule has 2 unspecified atom stereocenters. The predicted octanol–water partition coefficient (Wildman–Crippen LogP) is 2.99. The molecule has 0 spiro atoms. The molecule has 2 heterocycles. The van der Waals surface area contributed by atoms with Crippen LogP contribution in [0, 0.1) is 0 Å².